The summed E-state index contributed by atoms with van der Waals surface area (Å²) in [5.74, 6) is 0.228. The van der Waals surface area contributed by atoms with Crippen molar-refractivity contribution < 1.29 is 4.39 Å². The molecule has 0 atom stereocenters. The fraction of sp³-hybridized carbons (Fsp3) is 0.200. The number of aliphatic imine (C=N–C) groups is 1. The number of hydrogen-bond acceptors (Lipinski definition) is 2. The van der Waals surface area contributed by atoms with Crippen molar-refractivity contribution in [3.8, 4) is 11.3 Å². The first-order chi connectivity index (χ1) is 8.99. The van der Waals surface area contributed by atoms with Crippen molar-refractivity contribution in [2.75, 3.05) is 0 Å². The predicted molar refractivity (Wildman–Crippen MR) is 77.8 cm³/mol. The van der Waals surface area contributed by atoms with Crippen molar-refractivity contribution in [1.82, 2.24) is 4.98 Å². The zero-order chi connectivity index (χ0) is 14.0. The Labute approximate surface area is 117 Å². The second kappa shape index (κ2) is 5.49. The molecule has 1 heterocycles. The Balaban J connectivity index is 2.65. The lowest BCUT2D eigenvalue weighted by Gasteiger charge is -2.08. The van der Waals surface area contributed by atoms with Crippen LogP contribution in [-0.2, 0) is 0 Å². The fourth-order valence-corrected chi connectivity index (χ4v) is 2.05. The van der Waals surface area contributed by atoms with Gasteiger partial charge in [-0.3, -0.25) is 0 Å². The van der Waals surface area contributed by atoms with E-state index in [0.717, 1.165) is 11.3 Å². The molecule has 0 aliphatic rings. The van der Waals surface area contributed by atoms with Crippen LogP contribution >= 0.6 is 11.6 Å². The molecule has 98 valence electrons. The normalized spacial score (nSPS) is 10.4. The Morgan fingerprint density at radius 1 is 1.26 bits per heavy atom. The molecule has 0 amide bonds. The number of rotatable bonds is 2. The van der Waals surface area contributed by atoms with E-state index in [2.05, 4.69) is 9.98 Å². The molecule has 19 heavy (non-hydrogen) atoms. The average Bonchev–Trinajstić information content (AvgIpc) is 2.33. The van der Waals surface area contributed by atoms with Gasteiger partial charge in [-0.15, -0.1) is 0 Å². The van der Waals surface area contributed by atoms with E-state index in [1.54, 1.807) is 24.3 Å². The highest BCUT2D eigenvalue weighted by Crippen LogP contribution is 2.32. The van der Waals surface area contributed by atoms with Gasteiger partial charge in [-0.1, -0.05) is 23.7 Å². The van der Waals surface area contributed by atoms with Crippen LogP contribution in [0.5, 0.6) is 0 Å². The van der Waals surface area contributed by atoms with Crippen LogP contribution in [0.2, 0.25) is 5.02 Å². The highest BCUT2D eigenvalue weighted by molar-refractivity contribution is 6.33. The molecule has 0 aliphatic heterocycles. The van der Waals surface area contributed by atoms with Gasteiger partial charge in [-0.2, -0.15) is 0 Å². The van der Waals surface area contributed by atoms with Crippen molar-refractivity contribution in [2.45, 2.75) is 20.8 Å². The third kappa shape index (κ3) is 2.99. The van der Waals surface area contributed by atoms with E-state index in [1.807, 2.05) is 20.8 Å². The Bertz CT molecular complexity index is 647. The molecule has 1 aromatic carbocycles. The van der Waals surface area contributed by atoms with E-state index < -0.39 is 0 Å². The van der Waals surface area contributed by atoms with E-state index in [0.29, 0.717) is 22.1 Å². The van der Waals surface area contributed by atoms with Gasteiger partial charge in [0.1, 0.15) is 5.82 Å². The van der Waals surface area contributed by atoms with Gasteiger partial charge in [-0.25, -0.2) is 14.4 Å². The first-order valence-electron chi connectivity index (χ1n) is 5.93. The van der Waals surface area contributed by atoms with Gasteiger partial charge in [0.25, 0.3) is 0 Å². The van der Waals surface area contributed by atoms with E-state index in [4.69, 9.17) is 11.6 Å². The van der Waals surface area contributed by atoms with E-state index in [1.165, 1.54) is 6.07 Å². The number of aryl methyl sites for hydroxylation is 1. The van der Waals surface area contributed by atoms with Gasteiger partial charge < -0.3 is 0 Å². The maximum Gasteiger partial charge on any atom is 0.155 e. The largest absolute Gasteiger partial charge is 0.238 e. The number of halogens is 2. The smallest absolute Gasteiger partial charge is 0.155 e. The van der Waals surface area contributed by atoms with Gasteiger partial charge >= 0.3 is 0 Å². The van der Waals surface area contributed by atoms with E-state index in [-0.39, 0.29) is 5.82 Å². The topological polar surface area (TPSA) is 25.2 Å². The number of hydrogen-bond donors (Lipinski definition) is 0. The third-order valence-corrected chi connectivity index (χ3v) is 2.89. The van der Waals surface area contributed by atoms with Gasteiger partial charge in [-0.05, 0) is 44.5 Å². The summed E-state index contributed by atoms with van der Waals surface area (Å²) < 4.78 is 13.8. The summed E-state index contributed by atoms with van der Waals surface area (Å²) in [6.07, 6.45) is 0. The maximum atomic E-state index is 13.8. The van der Waals surface area contributed by atoms with Crippen LogP contribution in [0.4, 0.5) is 10.2 Å². The van der Waals surface area contributed by atoms with Gasteiger partial charge in [0.05, 0.1) is 10.7 Å². The molecule has 0 saturated heterocycles. The van der Waals surface area contributed by atoms with Crippen LogP contribution in [-0.4, -0.2) is 10.7 Å². The van der Waals surface area contributed by atoms with Crippen LogP contribution < -0.4 is 0 Å². The predicted octanol–water partition coefficient (Wildman–Crippen LogP) is 4.96. The highest BCUT2D eigenvalue weighted by atomic mass is 35.5. The van der Waals surface area contributed by atoms with Crippen LogP contribution in [0.1, 0.15) is 19.4 Å². The molecule has 2 rings (SSSR count). The number of benzene rings is 1. The molecule has 0 aliphatic carbocycles. The molecule has 0 unspecified atom stereocenters. The SMILES string of the molecule is CC(C)=Nc1nc(-c2ccccc2F)c(Cl)cc1C. The van der Waals surface area contributed by atoms with Crippen LogP contribution in [0.25, 0.3) is 11.3 Å². The molecule has 0 radical (unpaired) electrons. The monoisotopic (exact) mass is 276 g/mol. The molecule has 1 aromatic heterocycles. The standard InChI is InChI=1S/C15H14ClFN2/c1-9(2)18-15-10(3)8-12(16)14(19-15)11-6-4-5-7-13(11)17/h4-8H,1-3H3. The van der Waals surface area contributed by atoms with Crippen molar-refractivity contribution in [1.29, 1.82) is 0 Å². The molecule has 2 aromatic rings. The molecule has 0 saturated carbocycles. The highest BCUT2D eigenvalue weighted by Gasteiger charge is 2.12. The van der Waals surface area contributed by atoms with Gasteiger partial charge in [0, 0.05) is 11.3 Å². The molecule has 0 spiro atoms. The Morgan fingerprint density at radius 2 is 1.95 bits per heavy atom. The summed E-state index contributed by atoms with van der Waals surface area (Å²) in [7, 11) is 0. The van der Waals surface area contributed by atoms with Crippen LogP contribution in [0.3, 0.4) is 0 Å². The fourth-order valence-electron chi connectivity index (χ4n) is 1.74. The summed E-state index contributed by atoms with van der Waals surface area (Å²) in [6, 6.07) is 8.20. The lowest BCUT2D eigenvalue weighted by Crippen LogP contribution is -1.92. The zero-order valence-corrected chi connectivity index (χ0v) is 11.8. The first kappa shape index (κ1) is 13.7. The lowest BCUT2D eigenvalue weighted by molar-refractivity contribution is 0.631. The second-order valence-electron chi connectivity index (χ2n) is 4.50. The average molecular weight is 277 g/mol. The molecule has 4 heteroatoms. The molecule has 0 fully saturated rings. The maximum absolute atomic E-state index is 13.8. The Morgan fingerprint density at radius 3 is 2.58 bits per heavy atom. The minimum absolute atomic E-state index is 0.344. The van der Waals surface area contributed by atoms with Crippen LogP contribution in [0, 0.1) is 12.7 Å². The van der Waals surface area contributed by atoms with Crippen molar-refractivity contribution in [3.63, 3.8) is 0 Å². The van der Waals surface area contributed by atoms with Gasteiger partial charge in [0.2, 0.25) is 0 Å². The molecule has 0 bridgehead atoms. The summed E-state index contributed by atoms with van der Waals surface area (Å²) in [5.41, 5.74) is 2.56. The summed E-state index contributed by atoms with van der Waals surface area (Å²) >= 11 is 6.17. The second-order valence-corrected chi connectivity index (χ2v) is 4.91. The summed E-state index contributed by atoms with van der Waals surface area (Å²) in [5, 5.41) is 0.426. The Hall–Kier alpha value is -1.74. The van der Waals surface area contributed by atoms with E-state index >= 15 is 0 Å². The quantitative estimate of drug-likeness (QED) is 0.712. The van der Waals surface area contributed by atoms with Gasteiger partial charge in [0.15, 0.2) is 5.82 Å². The number of nitrogens with zero attached hydrogens (tertiary/aromatic N) is 2. The van der Waals surface area contributed by atoms with Crippen molar-refractivity contribution >= 4 is 23.1 Å². The number of pyridine rings is 1. The molecule has 0 N–H and O–H groups in total. The lowest BCUT2D eigenvalue weighted by atomic mass is 10.1. The summed E-state index contributed by atoms with van der Waals surface area (Å²) in [6.45, 7) is 5.66. The first-order valence-corrected chi connectivity index (χ1v) is 6.31. The van der Waals surface area contributed by atoms with Crippen molar-refractivity contribution in [3.05, 3.63) is 46.7 Å². The Kier molecular flexibility index (Phi) is 3.96. The minimum Gasteiger partial charge on any atom is -0.238 e. The molecule has 2 nitrogen and oxygen atoms in total. The van der Waals surface area contributed by atoms with E-state index in [9.17, 15) is 4.39 Å². The minimum atomic E-state index is -0.344. The molecular weight excluding hydrogens is 263 g/mol. The summed E-state index contributed by atoms with van der Waals surface area (Å²) in [4.78, 5) is 8.72. The third-order valence-electron chi connectivity index (χ3n) is 2.60. The van der Waals surface area contributed by atoms with Crippen molar-refractivity contribution in [2.24, 2.45) is 4.99 Å². The molecular formula is C15H14ClFN2. The zero-order valence-electron chi connectivity index (χ0n) is 11.0. The number of aromatic nitrogens is 1. The van der Waals surface area contributed by atoms with Crippen LogP contribution in [0.15, 0.2) is 35.3 Å².